The van der Waals surface area contributed by atoms with Crippen LogP contribution < -0.4 is 0 Å². The summed E-state index contributed by atoms with van der Waals surface area (Å²) < 4.78 is 0. The predicted molar refractivity (Wildman–Crippen MR) is 90.8 cm³/mol. The van der Waals surface area contributed by atoms with Gasteiger partial charge >= 0.3 is 0 Å². The quantitative estimate of drug-likeness (QED) is 0.617. The molecule has 0 spiro atoms. The molecule has 2 aromatic carbocycles. The van der Waals surface area contributed by atoms with E-state index in [1.54, 1.807) is 16.7 Å². The number of hydrogen-bond donors (Lipinski definition) is 0. The number of nitrogens with zero attached hydrogens (tertiary/aromatic N) is 2. The third-order valence-electron chi connectivity index (χ3n) is 3.63. The first-order chi connectivity index (χ1) is 11.1. The number of thioether (sulfide) groups is 1. The second-order valence-corrected chi connectivity index (χ2v) is 6.70. The topological polar surface area (TPSA) is 63.4 Å². The molecule has 3 rings (SSSR count). The van der Waals surface area contributed by atoms with E-state index >= 15 is 0 Å². The van der Waals surface area contributed by atoms with Gasteiger partial charge in [-0.15, -0.1) is 11.8 Å². The van der Waals surface area contributed by atoms with Crippen molar-refractivity contribution in [2.45, 2.75) is 5.37 Å². The van der Waals surface area contributed by atoms with Crippen molar-refractivity contribution < 1.29 is 9.72 Å². The van der Waals surface area contributed by atoms with Crippen LogP contribution in [0.4, 0.5) is 5.69 Å². The third kappa shape index (κ3) is 3.33. The molecule has 2 aromatic rings. The largest absolute Gasteiger partial charge is 0.322 e. The molecule has 1 amide bonds. The summed E-state index contributed by atoms with van der Waals surface area (Å²) in [5, 5.41) is 11.3. The van der Waals surface area contributed by atoms with Crippen LogP contribution in [0.25, 0.3) is 0 Å². The minimum Gasteiger partial charge on any atom is -0.322 e. The first-order valence-electron chi connectivity index (χ1n) is 6.99. The van der Waals surface area contributed by atoms with E-state index in [9.17, 15) is 14.9 Å². The molecular formula is C16H13ClN2O3S. The molecule has 1 aliphatic heterocycles. The van der Waals surface area contributed by atoms with Crippen molar-refractivity contribution in [3.8, 4) is 0 Å². The smallest absolute Gasteiger partial charge is 0.269 e. The molecule has 1 saturated heterocycles. The lowest BCUT2D eigenvalue weighted by Gasteiger charge is -2.24. The summed E-state index contributed by atoms with van der Waals surface area (Å²) in [5.74, 6) is 0.733. The van der Waals surface area contributed by atoms with Gasteiger partial charge in [0.15, 0.2) is 0 Å². The third-order valence-corrected chi connectivity index (χ3v) is 5.14. The summed E-state index contributed by atoms with van der Waals surface area (Å²) >= 11 is 7.61. The molecule has 1 fully saturated rings. The van der Waals surface area contributed by atoms with Crippen molar-refractivity contribution in [2.75, 3.05) is 12.3 Å². The number of amides is 1. The standard InChI is InChI=1S/C16H13ClN2O3S/c17-13-5-1-12(2-6-13)16-18(9-10-23-16)15(20)11-3-7-14(8-4-11)19(21)22/h1-8,16H,9-10H2/t16-/m0/s1. The average Bonchev–Trinajstić information content (AvgIpc) is 3.04. The number of nitro groups is 1. The highest BCUT2D eigenvalue weighted by Gasteiger charge is 2.31. The second-order valence-electron chi connectivity index (χ2n) is 5.08. The van der Waals surface area contributed by atoms with Gasteiger partial charge in [0.25, 0.3) is 11.6 Å². The number of hydrogen-bond acceptors (Lipinski definition) is 4. The Morgan fingerprint density at radius 1 is 1.17 bits per heavy atom. The molecule has 0 unspecified atom stereocenters. The fraction of sp³-hybridized carbons (Fsp3) is 0.188. The number of carbonyl (C=O) groups excluding carboxylic acids is 1. The van der Waals surface area contributed by atoms with Gasteiger partial charge in [0.2, 0.25) is 0 Å². The maximum atomic E-state index is 12.7. The zero-order valence-electron chi connectivity index (χ0n) is 12.0. The van der Waals surface area contributed by atoms with Crippen LogP contribution in [0.15, 0.2) is 48.5 Å². The Balaban J connectivity index is 1.82. The van der Waals surface area contributed by atoms with Crippen LogP contribution in [0.1, 0.15) is 21.3 Å². The Morgan fingerprint density at radius 3 is 2.43 bits per heavy atom. The van der Waals surface area contributed by atoms with E-state index < -0.39 is 4.92 Å². The van der Waals surface area contributed by atoms with Crippen LogP contribution in [-0.4, -0.2) is 28.0 Å². The minimum absolute atomic E-state index is 0.0217. The molecule has 0 N–H and O–H groups in total. The van der Waals surface area contributed by atoms with Gasteiger partial charge in [0, 0.05) is 35.0 Å². The van der Waals surface area contributed by atoms with Gasteiger partial charge in [0.1, 0.15) is 5.37 Å². The first-order valence-corrected chi connectivity index (χ1v) is 8.41. The second kappa shape index (κ2) is 6.60. The lowest BCUT2D eigenvalue weighted by Crippen LogP contribution is -2.30. The van der Waals surface area contributed by atoms with E-state index in [-0.39, 0.29) is 17.0 Å². The summed E-state index contributed by atoms with van der Waals surface area (Å²) in [6.07, 6.45) is 0. The van der Waals surface area contributed by atoms with E-state index in [0.717, 1.165) is 11.3 Å². The van der Waals surface area contributed by atoms with Gasteiger partial charge in [-0.1, -0.05) is 23.7 Å². The van der Waals surface area contributed by atoms with E-state index in [4.69, 9.17) is 11.6 Å². The molecule has 0 radical (unpaired) electrons. The molecule has 7 heteroatoms. The lowest BCUT2D eigenvalue weighted by atomic mass is 10.1. The van der Waals surface area contributed by atoms with Gasteiger partial charge in [-0.05, 0) is 29.8 Å². The van der Waals surface area contributed by atoms with E-state index in [1.165, 1.54) is 24.3 Å². The van der Waals surface area contributed by atoms with Crippen LogP contribution in [0.2, 0.25) is 5.02 Å². The molecule has 0 bridgehead atoms. The Hall–Kier alpha value is -2.05. The highest BCUT2D eigenvalue weighted by atomic mass is 35.5. The molecular weight excluding hydrogens is 336 g/mol. The zero-order valence-corrected chi connectivity index (χ0v) is 13.6. The monoisotopic (exact) mass is 348 g/mol. The molecule has 1 atom stereocenters. The number of benzene rings is 2. The van der Waals surface area contributed by atoms with Gasteiger partial charge in [0.05, 0.1) is 4.92 Å². The van der Waals surface area contributed by atoms with Crippen molar-refractivity contribution in [3.05, 3.63) is 74.8 Å². The lowest BCUT2D eigenvalue weighted by molar-refractivity contribution is -0.384. The van der Waals surface area contributed by atoms with Crippen molar-refractivity contribution in [1.82, 2.24) is 4.90 Å². The Bertz CT molecular complexity index is 734. The summed E-state index contributed by atoms with van der Waals surface area (Å²) in [6.45, 7) is 0.647. The molecule has 5 nitrogen and oxygen atoms in total. The number of carbonyl (C=O) groups is 1. The summed E-state index contributed by atoms with van der Waals surface area (Å²) in [4.78, 5) is 24.7. The Kier molecular flexibility index (Phi) is 4.54. The SMILES string of the molecule is O=C(c1ccc([N+](=O)[O-])cc1)N1CCS[C@H]1c1ccc(Cl)cc1. The van der Waals surface area contributed by atoms with Crippen molar-refractivity contribution in [3.63, 3.8) is 0 Å². The van der Waals surface area contributed by atoms with Gasteiger partial charge in [-0.2, -0.15) is 0 Å². The number of rotatable bonds is 3. The number of nitro benzene ring substituents is 1. The van der Waals surface area contributed by atoms with Crippen molar-refractivity contribution in [1.29, 1.82) is 0 Å². The highest BCUT2D eigenvalue weighted by Crippen LogP contribution is 2.39. The zero-order chi connectivity index (χ0) is 16.4. The van der Waals surface area contributed by atoms with Crippen LogP contribution in [-0.2, 0) is 0 Å². The van der Waals surface area contributed by atoms with Crippen LogP contribution in [0.5, 0.6) is 0 Å². The van der Waals surface area contributed by atoms with E-state index in [1.807, 2.05) is 24.3 Å². The summed E-state index contributed by atoms with van der Waals surface area (Å²) in [5.41, 5.74) is 1.45. The maximum Gasteiger partial charge on any atom is 0.269 e. The molecule has 0 aromatic heterocycles. The van der Waals surface area contributed by atoms with Crippen LogP contribution in [0, 0.1) is 10.1 Å². The number of halogens is 1. The molecule has 0 saturated carbocycles. The summed E-state index contributed by atoms with van der Waals surface area (Å²) in [6, 6.07) is 13.2. The fourth-order valence-corrected chi connectivity index (χ4v) is 3.86. The molecule has 0 aliphatic carbocycles. The van der Waals surface area contributed by atoms with Gasteiger partial charge in [-0.3, -0.25) is 14.9 Å². The molecule has 23 heavy (non-hydrogen) atoms. The maximum absolute atomic E-state index is 12.7. The average molecular weight is 349 g/mol. The normalized spacial score (nSPS) is 17.3. The number of non-ortho nitro benzene ring substituents is 1. The Morgan fingerprint density at radius 2 is 1.83 bits per heavy atom. The molecule has 1 aliphatic rings. The predicted octanol–water partition coefficient (Wildman–Crippen LogP) is 4.14. The fourth-order valence-electron chi connectivity index (χ4n) is 2.47. The van der Waals surface area contributed by atoms with Crippen LogP contribution in [0.3, 0.4) is 0 Å². The van der Waals surface area contributed by atoms with E-state index in [2.05, 4.69) is 0 Å². The summed E-state index contributed by atoms with van der Waals surface area (Å²) in [7, 11) is 0. The first kappa shape index (κ1) is 15.8. The highest BCUT2D eigenvalue weighted by molar-refractivity contribution is 7.99. The molecule has 118 valence electrons. The molecule has 1 heterocycles. The van der Waals surface area contributed by atoms with E-state index in [0.29, 0.717) is 17.1 Å². The minimum atomic E-state index is -0.476. The van der Waals surface area contributed by atoms with Crippen LogP contribution >= 0.6 is 23.4 Å². The van der Waals surface area contributed by atoms with Crippen molar-refractivity contribution in [2.24, 2.45) is 0 Å². The van der Waals surface area contributed by atoms with Gasteiger partial charge < -0.3 is 4.90 Å². The Labute approximate surface area is 142 Å². The van der Waals surface area contributed by atoms with Gasteiger partial charge in [-0.25, -0.2) is 0 Å². The van der Waals surface area contributed by atoms with Crippen molar-refractivity contribution >= 4 is 35.0 Å².